The van der Waals surface area contributed by atoms with Crippen molar-refractivity contribution in [2.45, 2.75) is 32.3 Å². The molecular formula is C12H20N6O. The van der Waals surface area contributed by atoms with Crippen LogP contribution in [0.5, 0.6) is 0 Å². The average Bonchev–Trinajstić information content (AvgIpc) is 2.92. The molecule has 0 atom stereocenters. The first-order chi connectivity index (χ1) is 9.11. The van der Waals surface area contributed by atoms with Crippen LogP contribution >= 0.6 is 0 Å². The molecule has 0 aliphatic carbocycles. The summed E-state index contributed by atoms with van der Waals surface area (Å²) in [5, 5.41) is 24.0. The first kappa shape index (κ1) is 13.5. The lowest BCUT2D eigenvalue weighted by Gasteiger charge is -2.25. The Morgan fingerprint density at radius 1 is 1.32 bits per heavy atom. The molecule has 0 fully saturated rings. The largest absolute Gasteiger partial charge is 0.388 e. The minimum Gasteiger partial charge on any atom is -0.388 e. The predicted molar refractivity (Wildman–Crippen MR) is 75.3 cm³/mol. The highest BCUT2D eigenvalue weighted by Crippen LogP contribution is 2.22. The number of aromatic amines is 1. The fourth-order valence-corrected chi connectivity index (χ4v) is 1.83. The topological polar surface area (TPSA) is 98.7 Å². The molecule has 0 bridgehead atoms. The van der Waals surface area contributed by atoms with Gasteiger partial charge in [-0.3, -0.25) is 5.10 Å². The van der Waals surface area contributed by atoms with Gasteiger partial charge in [0.25, 0.3) is 0 Å². The Bertz CT molecular complexity index is 548. The molecule has 7 heteroatoms. The maximum atomic E-state index is 10.3. The van der Waals surface area contributed by atoms with E-state index in [2.05, 4.69) is 30.8 Å². The molecule has 0 saturated heterocycles. The number of H-pyrrole nitrogens is 1. The van der Waals surface area contributed by atoms with Gasteiger partial charge in [0.2, 0.25) is 5.95 Å². The Balaban J connectivity index is 2.26. The van der Waals surface area contributed by atoms with E-state index in [0.717, 1.165) is 5.39 Å². The Morgan fingerprint density at radius 3 is 2.68 bits per heavy atom. The molecule has 0 amide bonds. The summed E-state index contributed by atoms with van der Waals surface area (Å²) >= 11 is 0. The van der Waals surface area contributed by atoms with Crippen LogP contribution in [-0.2, 0) is 0 Å². The number of aliphatic hydroxyl groups is 1. The van der Waals surface area contributed by atoms with Gasteiger partial charge in [-0.05, 0) is 12.8 Å². The quantitative estimate of drug-likeness (QED) is 0.629. The molecule has 0 radical (unpaired) electrons. The van der Waals surface area contributed by atoms with Crippen molar-refractivity contribution in [1.29, 1.82) is 0 Å². The van der Waals surface area contributed by atoms with Crippen LogP contribution in [0.4, 0.5) is 11.8 Å². The highest BCUT2D eigenvalue weighted by Gasteiger charge is 2.22. The predicted octanol–water partition coefficient (Wildman–Crippen LogP) is 1.36. The molecule has 0 aliphatic heterocycles. The molecule has 2 rings (SSSR count). The number of anilines is 2. The van der Waals surface area contributed by atoms with Crippen molar-refractivity contribution < 1.29 is 5.11 Å². The Labute approximate surface area is 111 Å². The lowest BCUT2D eigenvalue weighted by Crippen LogP contribution is -2.35. The maximum absolute atomic E-state index is 10.3. The van der Waals surface area contributed by atoms with Crippen LogP contribution in [0.1, 0.15) is 26.7 Å². The number of aromatic nitrogens is 4. The lowest BCUT2D eigenvalue weighted by atomic mass is 9.98. The van der Waals surface area contributed by atoms with E-state index in [4.69, 9.17) is 0 Å². The molecule has 4 N–H and O–H groups in total. The zero-order chi connectivity index (χ0) is 13.9. The number of hydrogen-bond acceptors (Lipinski definition) is 6. The smallest absolute Gasteiger partial charge is 0.226 e. The van der Waals surface area contributed by atoms with Crippen LogP contribution in [0.15, 0.2) is 6.20 Å². The summed E-state index contributed by atoms with van der Waals surface area (Å²) < 4.78 is 0. The van der Waals surface area contributed by atoms with Crippen molar-refractivity contribution in [1.82, 2.24) is 20.2 Å². The van der Waals surface area contributed by atoms with Gasteiger partial charge in [0, 0.05) is 13.6 Å². The minimum absolute atomic E-state index is 0.445. The summed E-state index contributed by atoms with van der Waals surface area (Å²) in [6.07, 6.45) is 3.05. The third-order valence-corrected chi connectivity index (χ3v) is 3.43. The standard InChI is InChI=1S/C12H20N6O/c1-4-12(19,5-2)7-14-9-8-6-15-18-10(8)17-11(13-3)16-9/h6,19H,4-5,7H2,1-3H3,(H3,13,14,15,16,17,18). The van der Waals surface area contributed by atoms with Crippen LogP contribution in [0.2, 0.25) is 0 Å². The summed E-state index contributed by atoms with van der Waals surface area (Å²) in [5.74, 6) is 1.18. The fraction of sp³-hybridized carbons (Fsp3) is 0.583. The fourth-order valence-electron chi connectivity index (χ4n) is 1.83. The van der Waals surface area contributed by atoms with Crippen molar-refractivity contribution in [3.05, 3.63) is 6.20 Å². The normalized spacial score (nSPS) is 11.8. The van der Waals surface area contributed by atoms with Crippen LogP contribution < -0.4 is 10.6 Å². The lowest BCUT2D eigenvalue weighted by molar-refractivity contribution is 0.0456. The van der Waals surface area contributed by atoms with E-state index in [1.807, 2.05) is 13.8 Å². The van der Waals surface area contributed by atoms with Crippen molar-refractivity contribution in [2.75, 3.05) is 24.2 Å². The first-order valence-corrected chi connectivity index (χ1v) is 6.47. The molecule has 2 heterocycles. The molecule has 0 unspecified atom stereocenters. The van der Waals surface area contributed by atoms with Gasteiger partial charge < -0.3 is 15.7 Å². The average molecular weight is 264 g/mol. The van der Waals surface area contributed by atoms with Gasteiger partial charge in [-0.15, -0.1) is 0 Å². The zero-order valence-electron chi connectivity index (χ0n) is 11.5. The van der Waals surface area contributed by atoms with Crippen molar-refractivity contribution in [3.8, 4) is 0 Å². The number of nitrogens with zero attached hydrogens (tertiary/aromatic N) is 3. The van der Waals surface area contributed by atoms with E-state index in [9.17, 15) is 5.11 Å². The van der Waals surface area contributed by atoms with Gasteiger partial charge in [-0.1, -0.05) is 13.8 Å². The van der Waals surface area contributed by atoms with Crippen LogP contribution in [0.25, 0.3) is 11.0 Å². The van der Waals surface area contributed by atoms with Gasteiger partial charge >= 0.3 is 0 Å². The third kappa shape index (κ3) is 2.76. The summed E-state index contributed by atoms with van der Waals surface area (Å²) in [7, 11) is 1.76. The van der Waals surface area contributed by atoms with E-state index >= 15 is 0 Å². The second-order valence-corrected chi connectivity index (χ2v) is 4.56. The van der Waals surface area contributed by atoms with Crippen LogP contribution in [-0.4, -0.2) is 44.5 Å². The van der Waals surface area contributed by atoms with Gasteiger partial charge in [0.1, 0.15) is 5.82 Å². The summed E-state index contributed by atoms with van der Waals surface area (Å²) in [6.45, 7) is 4.38. The van der Waals surface area contributed by atoms with Crippen molar-refractivity contribution >= 4 is 22.8 Å². The van der Waals surface area contributed by atoms with Crippen molar-refractivity contribution in [3.63, 3.8) is 0 Å². The molecule has 0 aromatic carbocycles. The summed E-state index contributed by atoms with van der Waals surface area (Å²) in [4.78, 5) is 8.62. The van der Waals surface area contributed by atoms with Gasteiger partial charge in [0.05, 0.1) is 17.2 Å². The Kier molecular flexibility index (Phi) is 3.84. The summed E-state index contributed by atoms with van der Waals surface area (Å²) in [5.41, 5.74) is -0.0562. The van der Waals surface area contributed by atoms with Crippen LogP contribution in [0, 0.1) is 0 Å². The van der Waals surface area contributed by atoms with E-state index in [0.29, 0.717) is 36.8 Å². The molecule has 7 nitrogen and oxygen atoms in total. The van der Waals surface area contributed by atoms with E-state index in [1.54, 1.807) is 13.2 Å². The molecule has 0 spiro atoms. The molecular weight excluding hydrogens is 244 g/mol. The second-order valence-electron chi connectivity index (χ2n) is 4.56. The Hall–Kier alpha value is -1.89. The van der Waals surface area contributed by atoms with Gasteiger partial charge in [0.15, 0.2) is 5.65 Å². The van der Waals surface area contributed by atoms with Crippen LogP contribution in [0.3, 0.4) is 0 Å². The molecule has 104 valence electrons. The van der Waals surface area contributed by atoms with Crippen molar-refractivity contribution in [2.24, 2.45) is 0 Å². The molecule has 0 saturated carbocycles. The number of fused-ring (bicyclic) bond motifs is 1. The third-order valence-electron chi connectivity index (χ3n) is 3.43. The number of rotatable bonds is 6. The molecule has 0 aliphatic rings. The van der Waals surface area contributed by atoms with Gasteiger partial charge in [-0.2, -0.15) is 15.1 Å². The monoisotopic (exact) mass is 264 g/mol. The SMILES string of the molecule is CCC(O)(CC)CNc1nc(NC)nc2[nH]ncc12. The second kappa shape index (κ2) is 5.40. The van der Waals surface area contributed by atoms with E-state index in [-0.39, 0.29) is 0 Å². The minimum atomic E-state index is -0.721. The molecule has 2 aromatic rings. The summed E-state index contributed by atoms with van der Waals surface area (Å²) in [6, 6.07) is 0. The molecule has 2 aromatic heterocycles. The number of hydrogen-bond donors (Lipinski definition) is 4. The first-order valence-electron chi connectivity index (χ1n) is 6.47. The maximum Gasteiger partial charge on any atom is 0.226 e. The molecule has 19 heavy (non-hydrogen) atoms. The van der Waals surface area contributed by atoms with Gasteiger partial charge in [-0.25, -0.2) is 0 Å². The highest BCUT2D eigenvalue weighted by atomic mass is 16.3. The zero-order valence-corrected chi connectivity index (χ0v) is 11.5. The number of nitrogens with one attached hydrogen (secondary N) is 3. The van der Waals surface area contributed by atoms with E-state index in [1.165, 1.54) is 0 Å². The Morgan fingerprint density at radius 2 is 2.05 bits per heavy atom. The van der Waals surface area contributed by atoms with E-state index < -0.39 is 5.60 Å². The highest BCUT2D eigenvalue weighted by molar-refractivity contribution is 5.86.